The van der Waals surface area contributed by atoms with Gasteiger partial charge >= 0.3 is 6.18 Å². The number of hydrogen-bond donors (Lipinski definition) is 1. The van der Waals surface area contributed by atoms with E-state index in [9.17, 15) is 18.0 Å². The van der Waals surface area contributed by atoms with Gasteiger partial charge in [0.15, 0.2) is 17.0 Å². The third-order valence-corrected chi connectivity index (χ3v) is 4.77. The van der Waals surface area contributed by atoms with Gasteiger partial charge in [-0.1, -0.05) is 42.3 Å². The van der Waals surface area contributed by atoms with Crippen molar-refractivity contribution in [1.82, 2.24) is 19.9 Å². The summed E-state index contributed by atoms with van der Waals surface area (Å²) in [6.45, 7) is 3.62. The third kappa shape index (κ3) is 3.93. The fourth-order valence-electron chi connectivity index (χ4n) is 2.50. The lowest BCUT2D eigenvalue weighted by Crippen LogP contribution is -2.32. The third-order valence-electron chi connectivity index (χ3n) is 4.17. The van der Waals surface area contributed by atoms with Gasteiger partial charge in [-0.15, -0.1) is 0 Å². The number of fused-ring (bicyclic) bond motifs is 1. The first-order valence-corrected chi connectivity index (χ1v) is 9.10. The summed E-state index contributed by atoms with van der Waals surface area (Å²) < 4.78 is 41.4. The molecule has 0 aliphatic heterocycles. The van der Waals surface area contributed by atoms with Crippen LogP contribution in [-0.2, 0) is 6.18 Å². The van der Waals surface area contributed by atoms with Crippen LogP contribution in [-0.4, -0.2) is 26.5 Å². The van der Waals surface area contributed by atoms with Crippen LogP contribution in [0.15, 0.2) is 30.3 Å². The van der Waals surface area contributed by atoms with Crippen LogP contribution in [0.5, 0.6) is 0 Å². The van der Waals surface area contributed by atoms with Gasteiger partial charge in [-0.25, -0.2) is 9.50 Å². The Bertz CT molecular complexity index is 1030. The summed E-state index contributed by atoms with van der Waals surface area (Å²) in [6, 6.07) is 6.84. The first-order chi connectivity index (χ1) is 13.1. The maximum atomic E-state index is 13.6. The summed E-state index contributed by atoms with van der Waals surface area (Å²) in [5.74, 6) is -0.661. The highest BCUT2D eigenvalue weighted by molar-refractivity contribution is 6.36. The molecule has 10 heteroatoms. The van der Waals surface area contributed by atoms with Gasteiger partial charge in [0.1, 0.15) is 5.02 Å². The Balaban J connectivity index is 2.21. The van der Waals surface area contributed by atoms with Gasteiger partial charge in [0.25, 0.3) is 5.91 Å². The lowest BCUT2D eigenvalue weighted by atomic mass is 10.1. The van der Waals surface area contributed by atoms with Crippen LogP contribution >= 0.6 is 23.2 Å². The molecule has 1 unspecified atom stereocenters. The first kappa shape index (κ1) is 20.4. The van der Waals surface area contributed by atoms with Gasteiger partial charge in [0.05, 0.1) is 5.69 Å². The number of hydrogen-bond acceptors (Lipinski definition) is 3. The molecule has 1 N–H and O–H groups in total. The van der Waals surface area contributed by atoms with E-state index in [1.165, 1.54) is 0 Å². The molecule has 0 aliphatic carbocycles. The molecule has 1 amide bonds. The minimum atomic E-state index is -4.73. The average molecular weight is 431 g/mol. The molecule has 0 aliphatic rings. The number of benzene rings is 1. The van der Waals surface area contributed by atoms with Gasteiger partial charge < -0.3 is 5.32 Å². The van der Waals surface area contributed by atoms with Crippen LogP contribution in [0.3, 0.4) is 0 Å². The lowest BCUT2D eigenvalue weighted by molar-refractivity contribution is -0.142. The Morgan fingerprint density at radius 3 is 2.46 bits per heavy atom. The summed E-state index contributed by atoms with van der Waals surface area (Å²) in [4.78, 5) is 16.6. The van der Waals surface area contributed by atoms with E-state index in [4.69, 9.17) is 23.2 Å². The molecule has 3 aromatic rings. The maximum absolute atomic E-state index is 13.6. The number of nitrogens with zero attached hydrogens (tertiary/aromatic N) is 3. The second-order valence-electron chi connectivity index (χ2n) is 6.21. The monoisotopic (exact) mass is 430 g/mol. The quantitative estimate of drug-likeness (QED) is 0.614. The van der Waals surface area contributed by atoms with Crippen molar-refractivity contribution >= 4 is 34.8 Å². The molecule has 2 aromatic heterocycles. The molecule has 0 radical (unpaired) electrons. The maximum Gasteiger partial charge on any atom is 0.433 e. The summed E-state index contributed by atoms with van der Waals surface area (Å²) in [5, 5.41) is 6.61. The molecule has 0 spiro atoms. The zero-order valence-corrected chi connectivity index (χ0v) is 16.3. The molecule has 1 aromatic carbocycles. The number of alkyl halides is 3. The zero-order valence-electron chi connectivity index (χ0n) is 14.8. The van der Waals surface area contributed by atoms with Crippen molar-refractivity contribution in [2.24, 2.45) is 0 Å². The molecule has 0 saturated heterocycles. The minimum absolute atomic E-state index is 0.0344. The predicted molar refractivity (Wildman–Crippen MR) is 101 cm³/mol. The summed E-state index contributed by atoms with van der Waals surface area (Å²) in [6.07, 6.45) is -4.09. The Morgan fingerprint density at radius 2 is 1.89 bits per heavy atom. The number of amides is 1. The van der Waals surface area contributed by atoms with Crippen molar-refractivity contribution in [2.45, 2.75) is 32.5 Å². The molecular weight excluding hydrogens is 416 g/mol. The fraction of sp³-hybridized carbons (Fsp3) is 0.278. The Hall–Kier alpha value is -2.32. The Morgan fingerprint density at radius 1 is 1.25 bits per heavy atom. The van der Waals surface area contributed by atoms with E-state index in [0.717, 1.165) is 6.07 Å². The molecule has 3 rings (SSSR count). The van der Waals surface area contributed by atoms with Gasteiger partial charge in [-0.3, -0.25) is 4.79 Å². The molecule has 0 fully saturated rings. The van der Waals surface area contributed by atoms with E-state index in [1.807, 2.05) is 6.92 Å². The van der Waals surface area contributed by atoms with Gasteiger partial charge in [0.2, 0.25) is 0 Å². The first-order valence-electron chi connectivity index (χ1n) is 8.35. The molecule has 2 heterocycles. The molecule has 1 atom stereocenters. The van der Waals surface area contributed by atoms with Crippen LogP contribution in [0.4, 0.5) is 13.2 Å². The van der Waals surface area contributed by atoms with Crippen molar-refractivity contribution in [3.8, 4) is 11.3 Å². The van der Waals surface area contributed by atoms with Crippen molar-refractivity contribution in [3.05, 3.63) is 51.8 Å². The van der Waals surface area contributed by atoms with Gasteiger partial charge in [-0.05, 0) is 31.5 Å². The smallest absolute Gasteiger partial charge is 0.348 e. The van der Waals surface area contributed by atoms with E-state index >= 15 is 0 Å². The highest BCUT2D eigenvalue weighted by Gasteiger charge is 2.36. The molecule has 148 valence electrons. The zero-order chi connectivity index (χ0) is 20.6. The predicted octanol–water partition coefficient (Wildman–Crippen LogP) is 5.25. The van der Waals surface area contributed by atoms with Crippen molar-refractivity contribution < 1.29 is 18.0 Å². The fourth-order valence-corrected chi connectivity index (χ4v) is 2.87. The van der Waals surface area contributed by atoms with Crippen LogP contribution in [0.25, 0.3) is 16.9 Å². The Kier molecular flexibility index (Phi) is 5.54. The minimum Gasteiger partial charge on any atom is -0.348 e. The van der Waals surface area contributed by atoms with Crippen molar-refractivity contribution in [2.75, 3.05) is 0 Å². The highest BCUT2D eigenvalue weighted by atomic mass is 35.5. The topological polar surface area (TPSA) is 59.3 Å². The molecule has 28 heavy (non-hydrogen) atoms. The lowest BCUT2D eigenvalue weighted by Gasteiger charge is -2.11. The second-order valence-corrected chi connectivity index (χ2v) is 7.03. The van der Waals surface area contributed by atoms with Crippen molar-refractivity contribution in [1.29, 1.82) is 0 Å². The van der Waals surface area contributed by atoms with Crippen molar-refractivity contribution in [3.63, 3.8) is 0 Å². The van der Waals surface area contributed by atoms with Crippen LogP contribution in [0.2, 0.25) is 10.0 Å². The number of rotatable bonds is 4. The van der Waals surface area contributed by atoms with E-state index in [1.54, 1.807) is 31.2 Å². The van der Waals surface area contributed by atoms with E-state index in [2.05, 4.69) is 15.4 Å². The van der Waals surface area contributed by atoms with Crippen LogP contribution < -0.4 is 5.32 Å². The summed E-state index contributed by atoms with van der Waals surface area (Å²) >= 11 is 12.0. The molecule has 0 bridgehead atoms. The molecule has 0 saturated carbocycles. The number of carbonyl (C=O) groups is 1. The van der Waals surface area contributed by atoms with Gasteiger partial charge in [-0.2, -0.15) is 18.3 Å². The van der Waals surface area contributed by atoms with E-state index < -0.39 is 17.8 Å². The second kappa shape index (κ2) is 7.60. The standard InChI is InChI=1S/C18H15Cl2F3N4O/c1-3-9(2)24-17(28)15-14(20)16-25-12(10-4-6-11(19)7-5-10)8-13(18(21,22)23)27(16)26-15/h4-9H,3H2,1-2H3,(H,24,28). The average Bonchev–Trinajstić information content (AvgIpc) is 2.97. The summed E-state index contributed by atoms with van der Waals surface area (Å²) in [5.41, 5.74) is -1.21. The normalized spacial score (nSPS) is 13.0. The highest BCUT2D eigenvalue weighted by Crippen LogP contribution is 2.34. The van der Waals surface area contributed by atoms with Gasteiger partial charge in [0, 0.05) is 16.6 Å². The molecule has 5 nitrogen and oxygen atoms in total. The number of halogens is 5. The Labute approximate surface area is 168 Å². The number of aromatic nitrogens is 3. The number of nitrogens with one attached hydrogen (secondary N) is 1. The molecular formula is C18H15Cl2F3N4O. The SMILES string of the molecule is CCC(C)NC(=O)c1nn2c(C(F)(F)F)cc(-c3ccc(Cl)cc3)nc2c1Cl. The van der Waals surface area contributed by atoms with Crippen LogP contribution in [0.1, 0.15) is 36.5 Å². The largest absolute Gasteiger partial charge is 0.433 e. The van der Waals surface area contributed by atoms with E-state index in [-0.39, 0.29) is 28.1 Å². The number of carbonyl (C=O) groups excluding carboxylic acids is 1. The summed E-state index contributed by atoms with van der Waals surface area (Å²) in [7, 11) is 0. The van der Waals surface area contributed by atoms with E-state index in [0.29, 0.717) is 21.5 Å². The van der Waals surface area contributed by atoms with Crippen LogP contribution in [0, 0.1) is 0 Å².